The number of nitrogens with two attached hydrogens (primary N) is 1. The van der Waals surface area contributed by atoms with Gasteiger partial charge < -0.3 is 19.0 Å². The number of ketones is 1. The molecule has 0 amide bonds. The number of ether oxygens (including phenoxy) is 2. The summed E-state index contributed by atoms with van der Waals surface area (Å²) >= 11 is 0. The van der Waals surface area contributed by atoms with Crippen LogP contribution in [0.1, 0.15) is 42.4 Å². The van der Waals surface area contributed by atoms with E-state index < -0.39 is 11.8 Å². The molecule has 2 aromatic carbocycles. The lowest BCUT2D eigenvalue weighted by Crippen LogP contribution is -2.27. The predicted molar refractivity (Wildman–Crippen MR) is 131 cm³/mol. The number of carbonyl (C=O) groups excluding carboxylic acids is 3. The molecule has 0 fully saturated rings. The molecule has 0 spiro atoms. The van der Waals surface area contributed by atoms with Crippen molar-refractivity contribution in [2.75, 3.05) is 24.8 Å². The Labute approximate surface area is 199 Å². The second-order valence-electron chi connectivity index (χ2n) is 7.86. The average molecular weight is 466 g/mol. The van der Waals surface area contributed by atoms with E-state index in [1.54, 1.807) is 11.9 Å². The molecular formula is C26H31N3O5. The maximum absolute atomic E-state index is 11.8. The quantitative estimate of drug-likeness (QED) is 0.358. The van der Waals surface area contributed by atoms with Crippen LogP contribution >= 0.6 is 0 Å². The highest BCUT2D eigenvalue weighted by molar-refractivity contribution is 6.32. The van der Waals surface area contributed by atoms with Gasteiger partial charge in [-0.05, 0) is 49.9 Å². The van der Waals surface area contributed by atoms with E-state index in [1.165, 1.54) is 29.3 Å². The fourth-order valence-electron chi connectivity index (χ4n) is 4.04. The zero-order valence-electron chi connectivity index (χ0n) is 19.9. The summed E-state index contributed by atoms with van der Waals surface area (Å²) in [7, 11) is 0. The fraction of sp³-hybridized carbons (Fsp3) is 0.346. The SMILES string of the molecule is CCOC(=O)C(C)=O.CCOC(=O)c1cc2cccc3c2n1CC3.NN1CCc2ccccc21. The van der Waals surface area contributed by atoms with Crippen molar-refractivity contribution in [3.63, 3.8) is 0 Å². The fourth-order valence-corrected chi connectivity index (χ4v) is 4.04. The number of esters is 2. The van der Waals surface area contributed by atoms with Gasteiger partial charge in [-0.15, -0.1) is 0 Å². The molecule has 2 aliphatic heterocycles. The summed E-state index contributed by atoms with van der Waals surface area (Å²) < 4.78 is 11.5. The largest absolute Gasteiger partial charge is 0.461 e. The van der Waals surface area contributed by atoms with Crippen molar-refractivity contribution >= 4 is 34.3 Å². The Bertz CT molecular complexity index is 1180. The van der Waals surface area contributed by atoms with Gasteiger partial charge in [0.2, 0.25) is 5.78 Å². The van der Waals surface area contributed by atoms with Crippen molar-refractivity contribution in [3.05, 3.63) is 65.4 Å². The summed E-state index contributed by atoms with van der Waals surface area (Å²) in [6, 6.07) is 16.4. The van der Waals surface area contributed by atoms with E-state index in [4.69, 9.17) is 10.6 Å². The van der Waals surface area contributed by atoms with Gasteiger partial charge in [0.25, 0.3) is 0 Å². The smallest absolute Gasteiger partial charge is 0.374 e. The van der Waals surface area contributed by atoms with Crippen LogP contribution in [0.25, 0.3) is 10.9 Å². The number of aryl methyl sites for hydroxylation is 2. The Kier molecular flexibility index (Phi) is 8.43. The number of rotatable bonds is 4. The molecule has 8 nitrogen and oxygen atoms in total. The second kappa shape index (κ2) is 11.5. The second-order valence-corrected chi connectivity index (χ2v) is 7.86. The lowest BCUT2D eigenvalue weighted by molar-refractivity contribution is -0.152. The van der Waals surface area contributed by atoms with Crippen molar-refractivity contribution in [3.8, 4) is 0 Å². The third kappa shape index (κ3) is 5.63. The Morgan fingerprint density at radius 2 is 1.59 bits per heavy atom. The molecule has 34 heavy (non-hydrogen) atoms. The average Bonchev–Trinajstić information content (AvgIpc) is 3.54. The van der Waals surface area contributed by atoms with Crippen LogP contribution in [0.3, 0.4) is 0 Å². The molecule has 0 radical (unpaired) electrons. The van der Waals surface area contributed by atoms with Crippen molar-refractivity contribution in [1.82, 2.24) is 4.57 Å². The first-order chi connectivity index (χ1) is 16.4. The normalized spacial score (nSPS) is 12.8. The topological polar surface area (TPSA) is 104 Å². The lowest BCUT2D eigenvalue weighted by atomic mass is 10.1. The zero-order chi connectivity index (χ0) is 24.7. The molecule has 2 N–H and O–H groups in total. The van der Waals surface area contributed by atoms with Crippen molar-refractivity contribution < 1.29 is 23.9 Å². The lowest BCUT2D eigenvalue weighted by Gasteiger charge is -2.09. The number of hydrogen-bond acceptors (Lipinski definition) is 7. The Morgan fingerprint density at radius 1 is 0.912 bits per heavy atom. The molecule has 0 saturated carbocycles. The maximum atomic E-state index is 11.8. The zero-order valence-corrected chi connectivity index (χ0v) is 19.9. The molecular weight excluding hydrogens is 434 g/mol. The molecule has 0 bridgehead atoms. The van der Waals surface area contributed by atoms with E-state index in [1.807, 2.05) is 31.2 Å². The number of benzene rings is 2. The van der Waals surface area contributed by atoms with Crippen LogP contribution in [0.2, 0.25) is 0 Å². The first-order valence-electron chi connectivity index (χ1n) is 11.4. The van der Waals surface area contributed by atoms with Crippen LogP contribution in [0, 0.1) is 0 Å². The van der Waals surface area contributed by atoms with Gasteiger partial charge in [-0.1, -0.05) is 36.4 Å². The summed E-state index contributed by atoms with van der Waals surface area (Å²) in [5.41, 5.74) is 5.76. The van der Waals surface area contributed by atoms with E-state index in [-0.39, 0.29) is 12.6 Å². The minimum absolute atomic E-state index is 0.216. The van der Waals surface area contributed by atoms with Crippen LogP contribution in [0.5, 0.6) is 0 Å². The number of hydrogen-bond donors (Lipinski definition) is 1. The van der Waals surface area contributed by atoms with Gasteiger partial charge >= 0.3 is 11.9 Å². The minimum atomic E-state index is -0.757. The Balaban J connectivity index is 0.000000155. The van der Waals surface area contributed by atoms with Crippen molar-refractivity contribution in [1.29, 1.82) is 0 Å². The van der Waals surface area contributed by atoms with Gasteiger partial charge in [-0.2, -0.15) is 0 Å². The number of carbonyl (C=O) groups is 3. The van der Waals surface area contributed by atoms with Gasteiger partial charge in [-0.3, -0.25) is 4.79 Å². The highest BCUT2D eigenvalue weighted by atomic mass is 16.5. The number of nitrogens with zero attached hydrogens (tertiary/aromatic N) is 2. The summed E-state index contributed by atoms with van der Waals surface area (Å²) in [6.45, 7) is 7.19. The first-order valence-corrected chi connectivity index (χ1v) is 11.4. The minimum Gasteiger partial charge on any atom is -0.461 e. The first kappa shape index (κ1) is 25.0. The van der Waals surface area contributed by atoms with E-state index in [0.29, 0.717) is 12.3 Å². The Hall–Kier alpha value is -3.65. The molecule has 0 unspecified atom stereocenters. The summed E-state index contributed by atoms with van der Waals surface area (Å²) in [4.78, 5) is 32.0. The standard InChI is InChI=1S/C13H13NO2.C8H10N2.C5H8O3/c1-2-16-13(15)11-8-10-5-3-4-9-6-7-14(11)12(9)10;9-10-6-5-7-3-1-2-4-8(7)10;1-3-8-5(7)4(2)6/h3-5,8H,2,6-7H2,1H3;1-4H,5-6,9H2;3H2,1-2H3. The molecule has 3 aromatic rings. The molecule has 3 heterocycles. The molecule has 0 aliphatic carbocycles. The number of hydrazine groups is 1. The highest BCUT2D eigenvalue weighted by Crippen LogP contribution is 2.29. The maximum Gasteiger partial charge on any atom is 0.374 e. The number of aromatic nitrogens is 1. The third-order valence-corrected chi connectivity index (χ3v) is 5.58. The van der Waals surface area contributed by atoms with E-state index >= 15 is 0 Å². The number of para-hydroxylation sites is 2. The molecule has 5 rings (SSSR count). The number of Topliss-reactive ketones (excluding diaryl/α,β-unsaturated/α-hetero) is 1. The van der Waals surface area contributed by atoms with Crippen LogP contribution < -0.4 is 10.9 Å². The van der Waals surface area contributed by atoms with E-state index in [2.05, 4.69) is 33.6 Å². The van der Waals surface area contributed by atoms with Crippen LogP contribution in [0.15, 0.2) is 48.5 Å². The summed E-state index contributed by atoms with van der Waals surface area (Å²) in [5, 5.41) is 2.94. The van der Waals surface area contributed by atoms with E-state index in [9.17, 15) is 14.4 Å². The molecule has 0 atom stereocenters. The molecule has 0 saturated heterocycles. The molecule has 2 aliphatic rings. The molecule has 1 aromatic heterocycles. The number of anilines is 1. The van der Waals surface area contributed by atoms with Crippen LogP contribution in [0.4, 0.5) is 5.69 Å². The van der Waals surface area contributed by atoms with Crippen molar-refractivity contribution in [2.24, 2.45) is 5.84 Å². The van der Waals surface area contributed by atoms with Gasteiger partial charge in [0.05, 0.1) is 24.4 Å². The number of fused-ring (bicyclic) bond motifs is 1. The van der Waals surface area contributed by atoms with Crippen LogP contribution in [-0.4, -0.2) is 42.0 Å². The van der Waals surface area contributed by atoms with Gasteiger partial charge in [0.15, 0.2) is 0 Å². The highest BCUT2D eigenvalue weighted by Gasteiger charge is 2.22. The molecule has 180 valence electrons. The van der Waals surface area contributed by atoms with Crippen LogP contribution in [-0.2, 0) is 38.4 Å². The van der Waals surface area contributed by atoms with Gasteiger partial charge in [0, 0.05) is 25.4 Å². The van der Waals surface area contributed by atoms with Gasteiger partial charge in [-0.25, -0.2) is 15.4 Å². The Morgan fingerprint density at radius 3 is 2.24 bits per heavy atom. The monoisotopic (exact) mass is 465 g/mol. The summed E-state index contributed by atoms with van der Waals surface area (Å²) in [5.74, 6) is 4.16. The van der Waals surface area contributed by atoms with Crippen molar-refractivity contribution in [2.45, 2.75) is 40.2 Å². The van der Waals surface area contributed by atoms with Gasteiger partial charge in [0.1, 0.15) is 5.69 Å². The predicted octanol–water partition coefficient (Wildman–Crippen LogP) is 3.44. The summed E-state index contributed by atoms with van der Waals surface area (Å²) in [6.07, 6.45) is 2.10. The molecule has 8 heteroatoms. The van der Waals surface area contributed by atoms with E-state index in [0.717, 1.165) is 31.3 Å². The third-order valence-electron chi connectivity index (χ3n) is 5.58.